The quantitative estimate of drug-likeness (QED) is 0.817. The van der Waals surface area contributed by atoms with Gasteiger partial charge in [0.05, 0.1) is 6.10 Å². The second-order valence-electron chi connectivity index (χ2n) is 6.81. The van der Waals surface area contributed by atoms with Gasteiger partial charge in [-0.1, -0.05) is 56.5 Å². The van der Waals surface area contributed by atoms with Gasteiger partial charge in [-0.2, -0.15) is 0 Å². The maximum atomic E-state index is 10.1. The van der Waals surface area contributed by atoms with Crippen molar-refractivity contribution in [3.63, 3.8) is 0 Å². The van der Waals surface area contributed by atoms with Gasteiger partial charge in [-0.05, 0) is 44.1 Å². The maximum absolute atomic E-state index is 10.1. The van der Waals surface area contributed by atoms with Crippen LogP contribution in [0.3, 0.4) is 0 Å². The lowest BCUT2D eigenvalue weighted by molar-refractivity contribution is 0.156. The van der Waals surface area contributed by atoms with E-state index >= 15 is 0 Å². The van der Waals surface area contributed by atoms with Crippen molar-refractivity contribution in [2.24, 2.45) is 5.41 Å². The molecule has 1 nitrogen and oxygen atoms in total. The van der Waals surface area contributed by atoms with Crippen molar-refractivity contribution < 1.29 is 5.11 Å². The highest BCUT2D eigenvalue weighted by Gasteiger charge is 2.12. The van der Waals surface area contributed by atoms with Crippen LogP contribution < -0.4 is 0 Å². The summed E-state index contributed by atoms with van der Waals surface area (Å²) in [5, 5.41) is 10.1. The molecule has 0 bridgehead atoms. The fourth-order valence-electron chi connectivity index (χ4n) is 2.43. The molecule has 0 aliphatic heterocycles. The third-order valence-electron chi connectivity index (χ3n) is 3.22. The Hall–Kier alpha value is -0.820. The van der Waals surface area contributed by atoms with E-state index in [1.54, 1.807) is 0 Å². The van der Waals surface area contributed by atoms with Gasteiger partial charge in [-0.25, -0.2) is 0 Å². The molecule has 0 heterocycles. The number of hydrogen-bond acceptors (Lipinski definition) is 1. The average Bonchev–Trinajstić information content (AvgIpc) is 2.12. The highest BCUT2D eigenvalue weighted by molar-refractivity contribution is 5.28. The zero-order chi connectivity index (χ0) is 13.8. The lowest BCUT2D eigenvalue weighted by atomic mass is 9.88. The molecular weight excluding hydrogens is 220 g/mol. The van der Waals surface area contributed by atoms with Crippen LogP contribution in [0.4, 0.5) is 0 Å². The van der Waals surface area contributed by atoms with Crippen LogP contribution in [0, 0.1) is 19.3 Å². The standard InChI is InChI=1S/C17H28O/c1-13-9-14(2)11-15(10-13)12-16(18)7-6-8-17(3,4)5/h9-11,16,18H,6-8,12H2,1-5H3. The van der Waals surface area contributed by atoms with Crippen molar-refractivity contribution in [3.8, 4) is 0 Å². The molecule has 0 aliphatic rings. The monoisotopic (exact) mass is 248 g/mol. The van der Waals surface area contributed by atoms with E-state index in [0.717, 1.165) is 19.3 Å². The first-order chi connectivity index (χ1) is 8.26. The Morgan fingerprint density at radius 1 is 1.06 bits per heavy atom. The summed E-state index contributed by atoms with van der Waals surface area (Å²) in [6.45, 7) is 11.0. The number of benzene rings is 1. The highest BCUT2D eigenvalue weighted by Crippen LogP contribution is 2.22. The number of hydrogen-bond donors (Lipinski definition) is 1. The van der Waals surface area contributed by atoms with E-state index in [9.17, 15) is 5.11 Å². The molecule has 1 N–H and O–H groups in total. The summed E-state index contributed by atoms with van der Waals surface area (Å²) in [5.74, 6) is 0. The Balaban J connectivity index is 2.42. The Morgan fingerprint density at radius 2 is 1.61 bits per heavy atom. The molecule has 0 spiro atoms. The van der Waals surface area contributed by atoms with Crippen molar-refractivity contribution in [1.29, 1.82) is 0 Å². The van der Waals surface area contributed by atoms with E-state index in [4.69, 9.17) is 0 Å². The van der Waals surface area contributed by atoms with E-state index in [0.29, 0.717) is 5.41 Å². The van der Waals surface area contributed by atoms with E-state index < -0.39 is 0 Å². The Labute approximate surface area is 112 Å². The fourth-order valence-corrected chi connectivity index (χ4v) is 2.43. The lowest BCUT2D eigenvalue weighted by Gasteiger charge is -2.19. The van der Waals surface area contributed by atoms with Crippen LogP contribution in [0.25, 0.3) is 0 Å². The molecule has 1 aromatic carbocycles. The van der Waals surface area contributed by atoms with Crippen LogP contribution in [-0.2, 0) is 6.42 Å². The molecule has 1 heteroatoms. The molecule has 1 atom stereocenters. The van der Waals surface area contributed by atoms with Gasteiger partial charge in [-0.3, -0.25) is 0 Å². The average molecular weight is 248 g/mol. The molecule has 0 aromatic heterocycles. The third-order valence-corrected chi connectivity index (χ3v) is 3.22. The molecule has 0 amide bonds. The zero-order valence-corrected chi connectivity index (χ0v) is 12.6. The van der Waals surface area contributed by atoms with E-state index in [2.05, 4.69) is 52.8 Å². The summed E-state index contributed by atoms with van der Waals surface area (Å²) in [6, 6.07) is 6.54. The van der Waals surface area contributed by atoms with Gasteiger partial charge in [0.1, 0.15) is 0 Å². The first kappa shape index (κ1) is 15.2. The Bertz CT molecular complexity index is 353. The van der Waals surface area contributed by atoms with Gasteiger partial charge in [-0.15, -0.1) is 0 Å². The molecule has 0 fully saturated rings. The number of aliphatic hydroxyl groups is 1. The van der Waals surface area contributed by atoms with Crippen LogP contribution >= 0.6 is 0 Å². The SMILES string of the molecule is Cc1cc(C)cc(CC(O)CCCC(C)(C)C)c1. The number of aliphatic hydroxyl groups excluding tert-OH is 1. The first-order valence-corrected chi connectivity index (χ1v) is 7.01. The molecule has 1 rings (SSSR count). The van der Waals surface area contributed by atoms with Crippen LogP contribution in [-0.4, -0.2) is 11.2 Å². The van der Waals surface area contributed by atoms with Crippen molar-refractivity contribution in [2.45, 2.75) is 66.4 Å². The van der Waals surface area contributed by atoms with Crippen LogP contribution in [0.5, 0.6) is 0 Å². The van der Waals surface area contributed by atoms with Gasteiger partial charge in [0.15, 0.2) is 0 Å². The second kappa shape index (κ2) is 6.38. The molecule has 0 saturated heterocycles. The van der Waals surface area contributed by atoms with Crippen LogP contribution in [0.15, 0.2) is 18.2 Å². The fraction of sp³-hybridized carbons (Fsp3) is 0.647. The predicted octanol–water partition coefficient (Wildman–Crippen LogP) is 4.42. The molecule has 0 aliphatic carbocycles. The van der Waals surface area contributed by atoms with E-state index in [1.807, 2.05) is 0 Å². The summed E-state index contributed by atoms with van der Waals surface area (Å²) < 4.78 is 0. The number of rotatable bonds is 5. The predicted molar refractivity (Wildman–Crippen MR) is 78.9 cm³/mol. The first-order valence-electron chi connectivity index (χ1n) is 7.01. The summed E-state index contributed by atoms with van der Waals surface area (Å²) in [7, 11) is 0. The lowest BCUT2D eigenvalue weighted by Crippen LogP contribution is -2.13. The molecule has 102 valence electrons. The van der Waals surface area contributed by atoms with Crippen molar-refractivity contribution >= 4 is 0 Å². The van der Waals surface area contributed by atoms with Gasteiger partial charge in [0.25, 0.3) is 0 Å². The maximum Gasteiger partial charge on any atom is 0.0580 e. The third kappa shape index (κ3) is 6.20. The number of aryl methyl sites for hydroxylation is 2. The topological polar surface area (TPSA) is 20.2 Å². The van der Waals surface area contributed by atoms with Crippen LogP contribution in [0.2, 0.25) is 0 Å². The van der Waals surface area contributed by atoms with Crippen LogP contribution in [0.1, 0.15) is 56.7 Å². The molecule has 1 aromatic rings. The highest BCUT2D eigenvalue weighted by atomic mass is 16.3. The van der Waals surface area contributed by atoms with Gasteiger partial charge < -0.3 is 5.11 Å². The normalized spacial score (nSPS) is 13.7. The molecule has 0 saturated carbocycles. The molecule has 1 unspecified atom stereocenters. The smallest absolute Gasteiger partial charge is 0.0580 e. The minimum absolute atomic E-state index is 0.200. The largest absolute Gasteiger partial charge is 0.393 e. The molecular formula is C17H28O. The Morgan fingerprint density at radius 3 is 2.11 bits per heavy atom. The summed E-state index contributed by atoms with van der Waals surface area (Å²) in [4.78, 5) is 0. The summed E-state index contributed by atoms with van der Waals surface area (Å²) >= 11 is 0. The minimum atomic E-state index is -0.200. The Kier molecular flexibility index (Phi) is 5.40. The summed E-state index contributed by atoms with van der Waals surface area (Å²) in [6.07, 6.45) is 3.78. The second-order valence-corrected chi connectivity index (χ2v) is 6.81. The van der Waals surface area contributed by atoms with Gasteiger partial charge >= 0.3 is 0 Å². The molecule has 0 radical (unpaired) electrons. The van der Waals surface area contributed by atoms with Crippen molar-refractivity contribution in [2.75, 3.05) is 0 Å². The van der Waals surface area contributed by atoms with Crippen molar-refractivity contribution in [1.82, 2.24) is 0 Å². The summed E-state index contributed by atoms with van der Waals surface area (Å²) in [5.41, 5.74) is 4.20. The minimum Gasteiger partial charge on any atom is -0.393 e. The van der Waals surface area contributed by atoms with Gasteiger partial charge in [0, 0.05) is 0 Å². The molecule has 18 heavy (non-hydrogen) atoms. The van der Waals surface area contributed by atoms with E-state index in [1.165, 1.54) is 23.1 Å². The van der Waals surface area contributed by atoms with Gasteiger partial charge in [0.2, 0.25) is 0 Å². The van der Waals surface area contributed by atoms with E-state index in [-0.39, 0.29) is 6.10 Å². The zero-order valence-electron chi connectivity index (χ0n) is 12.6. The van der Waals surface area contributed by atoms with Crippen molar-refractivity contribution in [3.05, 3.63) is 34.9 Å².